The number of unbranched alkanes of at least 4 members (excludes halogenated alkanes) is 4. The summed E-state index contributed by atoms with van der Waals surface area (Å²) in [4.78, 5) is 11.1. The van der Waals surface area contributed by atoms with Gasteiger partial charge in [-0.2, -0.15) is 0 Å². The maximum absolute atomic E-state index is 11.1. The lowest BCUT2D eigenvalue weighted by Crippen LogP contribution is -2.19. The minimum Gasteiger partial charge on any atom is -0.481 e. The van der Waals surface area contributed by atoms with Gasteiger partial charge in [-0.25, -0.2) is 0 Å². The molecule has 0 saturated carbocycles. The summed E-state index contributed by atoms with van der Waals surface area (Å²) in [6.45, 7) is 6.65. The molecule has 2 atom stereocenters. The SMILES string of the molecule is CCCCCCC(CC(=O)O)C(CCC)CCCC. The zero-order chi connectivity index (χ0) is 14.5. The number of hydrogen-bond donors (Lipinski definition) is 1. The van der Waals surface area contributed by atoms with Crippen molar-refractivity contribution in [1.82, 2.24) is 0 Å². The first-order chi connectivity index (χ1) is 9.15. The average molecular weight is 270 g/mol. The van der Waals surface area contributed by atoms with Crippen molar-refractivity contribution in [3.63, 3.8) is 0 Å². The molecule has 0 radical (unpaired) electrons. The van der Waals surface area contributed by atoms with Crippen LogP contribution in [-0.2, 0) is 4.79 Å². The highest BCUT2D eigenvalue weighted by Crippen LogP contribution is 2.30. The maximum Gasteiger partial charge on any atom is 0.303 e. The van der Waals surface area contributed by atoms with Crippen molar-refractivity contribution in [2.75, 3.05) is 0 Å². The van der Waals surface area contributed by atoms with Crippen LogP contribution in [0.5, 0.6) is 0 Å². The molecule has 0 spiro atoms. The minimum atomic E-state index is -0.613. The molecular formula is C17H34O2. The van der Waals surface area contributed by atoms with Gasteiger partial charge in [0, 0.05) is 6.42 Å². The largest absolute Gasteiger partial charge is 0.481 e. The molecule has 0 aliphatic carbocycles. The maximum atomic E-state index is 11.1. The molecule has 0 aliphatic heterocycles. The number of carboxylic acids is 1. The molecule has 0 saturated heterocycles. The molecular weight excluding hydrogens is 236 g/mol. The Labute approximate surface area is 120 Å². The quantitative estimate of drug-likeness (QED) is 0.439. The molecule has 0 heterocycles. The summed E-state index contributed by atoms with van der Waals surface area (Å²) >= 11 is 0. The van der Waals surface area contributed by atoms with Gasteiger partial charge in [-0.05, 0) is 18.3 Å². The highest BCUT2D eigenvalue weighted by Gasteiger charge is 2.22. The Balaban J connectivity index is 4.33. The second kappa shape index (κ2) is 12.5. The van der Waals surface area contributed by atoms with E-state index in [1.165, 1.54) is 57.8 Å². The molecule has 0 aliphatic rings. The molecule has 114 valence electrons. The second-order valence-corrected chi connectivity index (χ2v) is 5.90. The molecule has 0 bridgehead atoms. The van der Waals surface area contributed by atoms with Gasteiger partial charge in [-0.3, -0.25) is 4.79 Å². The van der Waals surface area contributed by atoms with Gasteiger partial charge in [0.1, 0.15) is 0 Å². The van der Waals surface area contributed by atoms with E-state index >= 15 is 0 Å². The fraction of sp³-hybridized carbons (Fsp3) is 0.941. The zero-order valence-electron chi connectivity index (χ0n) is 13.3. The summed E-state index contributed by atoms with van der Waals surface area (Å²) in [6, 6.07) is 0. The third-order valence-corrected chi connectivity index (χ3v) is 4.12. The van der Waals surface area contributed by atoms with Gasteiger partial charge < -0.3 is 5.11 Å². The predicted octanol–water partition coefficient (Wildman–Crippen LogP) is 5.65. The molecule has 2 unspecified atom stereocenters. The normalized spacial score (nSPS) is 14.3. The lowest BCUT2D eigenvalue weighted by Gasteiger charge is -2.26. The van der Waals surface area contributed by atoms with Crippen LogP contribution in [0, 0.1) is 11.8 Å². The molecule has 2 nitrogen and oxygen atoms in total. The standard InChI is InChI=1S/C17H34O2/c1-4-7-9-10-13-16(14-17(18)19)15(11-6-3)12-8-5-2/h15-16H,4-14H2,1-3H3,(H,18,19). The Kier molecular flexibility index (Phi) is 12.2. The topological polar surface area (TPSA) is 37.3 Å². The van der Waals surface area contributed by atoms with E-state index in [1.54, 1.807) is 0 Å². The first-order valence-corrected chi connectivity index (χ1v) is 8.37. The molecule has 0 fully saturated rings. The van der Waals surface area contributed by atoms with Crippen LogP contribution in [0.2, 0.25) is 0 Å². The molecule has 0 aromatic rings. The third-order valence-electron chi connectivity index (χ3n) is 4.12. The smallest absolute Gasteiger partial charge is 0.303 e. The van der Waals surface area contributed by atoms with E-state index in [9.17, 15) is 4.79 Å². The Morgan fingerprint density at radius 3 is 1.95 bits per heavy atom. The molecule has 2 heteroatoms. The number of rotatable bonds is 13. The Bertz CT molecular complexity index is 213. The Hall–Kier alpha value is -0.530. The number of carboxylic acid groups (broad SMARTS) is 1. The van der Waals surface area contributed by atoms with Gasteiger partial charge in [-0.15, -0.1) is 0 Å². The van der Waals surface area contributed by atoms with E-state index in [-0.39, 0.29) is 0 Å². The van der Waals surface area contributed by atoms with Crippen LogP contribution >= 0.6 is 0 Å². The van der Waals surface area contributed by atoms with Crippen molar-refractivity contribution >= 4 is 5.97 Å². The lowest BCUT2D eigenvalue weighted by atomic mass is 9.79. The van der Waals surface area contributed by atoms with Gasteiger partial charge in [0.15, 0.2) is 0 Å². The molecule has 0 aromatic carbocycles. The van der Waals surface area contributed by atoms with E-state index in [0.29, 0.717) is 18.3 Å². The van der Waals surface area contributed by atoms with E-state index in [2.05, 4.69) is 20.8 Å². The van der Waals surface area contributed by atoms with Crippen molar-refractivity contribution in [2.24, 2.45) is 11.8 Å². The van der Waals surface area contributed by atoms with Crippen molar-refractivity contribution in [3.8, 4) is 0 Å². The van der Waals surface area contributed by atoms with Gasteiger partial charge in [0.05, 0.1) is 0 Å². The summed E-state index contributed by atoms with van der Waals surface area (Å²) in [6.07, 6.45) is 12.6. The van der Waals surface area contributed by atoms with Crippen LogP contribution in [0.4, 0.5) is 0 Å². The van der Waals surface area contributed by atoms with Crippen LogP contribution < -0.4 is 0 Å². The van der Waals surface area contributed by atoms with Gasteiger partial charge in [-0.1, -0.05) is 78.6 Å². The van der Waals surface area contributed by atoms with E-state index in [0.717, 1.165) is 6.42 Å². The van der Waals surface area contributed by atoms with E-state index < -0.39 is 5.97 Å². The van der Waals surface area contributed by atoms with Gasteiger partial charge in [0.25, 0.3) is 0 Å². The molecule has 0 amide bonds. The number of aliphatic carboxylic acids is 1. The molecule has 0 rings (SSSR count). The lowest BCUT2D eigenvalue weighted by molar-refractivity contribution is -0.138. The van der Waals surface area contributed by atoms with Crippen LogP contribution in [-0.4, -0.2) is 11.1 Å². The molecule has 19 heavy (non-hydrogen) atoms. The third kappa shape index (κ3) is 9.98. The van der Waals surface area contributed by atoms with Gasteiger partial charge in [0.2, 0.25) is 0 Å². The summed E-state index contributed by atoms with van der Waals surface area (Å²) in [7, 11) is 0. The van der Waals surface area contributed by atoms with Crippen LogP contribution in [0.15, 0.2) is 0 Å². The number of hydrogen-bond acceptors (Lipinski definition) is 1. The summed E-state index contributed by atoms with van der Waals surface area (Å²) in [5, 5.41) is 9.13. The molecule has 1 N–H and O–H groups in total. The van der Waals surface area contributed by atoms with Crippen molar-refractivity contribution in [3.05, 3.63) is 0 Å². The van der Waals surface area contributed by atoms with E-state index in [4.69, 9.17) is 5.11 Å². The van der Waals surface area contributed by atoms with Gasteiger partial charge >= 0.3 is 5.97 Å². The molecule has 0 aromatic heterocycles. The average Bonchev–Trinajstić information content (AvgIpc) is 2.38. The second-order valence-electron chi connectivity index (χ2n) is 5.90. The first-order valence-electron chi connectivity index (χ1n) is 8.37. The summed E-state index contributed by atoms with van der Waals surface area (Å²) in [5.74, 6) is 0.418. The highest BCUT2D eigenvalue weighted by molar-refractivity contribution is 5.67. The summed E-state index contributed by atoms with van der Waals surface area (Å²) < 4.78 is 0. The predicted molar refractivity (Wildman–Crippen MR) is 82.4 cm³/mol. The van der Waals surface area contributed by atoms with Crippen LogP contribution in [0.1, 0.15) is 91.4 Å². The number of carbonyl (C=O) groups is 1. The van der Waals surface area contributed by atoms with Crippen LogP contribution in [0.3, 0.4) is 0 Å². The van der Waals surface area contributed by atoms with Crippen LogP contribution in [0.25, 0.3) is 0 Å². The Morgan fingerprint density at radius 1 is 0.789 bits per heavy atom. The zero-order valence-corrected chi connectivity index (χ0v) is 13.3. The van der Waals surface area contributed by atoms with Crippen molar-refractivity contribution < 1.29 is 9.90 Å². The fourth-order valence-corrected chi connectivity index (χ4v) is 3.01. The van der Waals surface area contributed by atoms with Crippen molar-refractivity contribution in [2.45, 2.75) is 91.4 Å². The monoisotopic (exact) mass is 270 g/mol. The van der Waals surface area contributed by atoms with Crippen molar-refractivity contribution in [1.29, 1.82) is 0 Å². The summed E-state index contributed by atoms with van der Waals surface area (Å²) in [5.41, 5.74) is 0. The Morgan fingerprint density at radius 2 is 1.42 bits per heavy atom. The first kappa shape index (κ1) is 18.5. The van der Waals surface area contributed by atoms with E-state index in [1.807, 2.05) is 0 Å². The highest BCUT2D eigenvalue weighted by atomic mass is 16.4. The fourth-order valence-electron chi connectivity index (χ4n) is 3.01. The minimum absolute atomic E-state index is 0.376.